The van der Waals surface area contributed by atoms with E-state index in [2.05, 4.69) is 15.3 Å². The number of benzene rings is 1. The number of halogens is 2. The van der Waals surface area contributed by atoms with Crippen molar-refractivity contribution in [3.8, 4) is 6.07 Å². The average Bonchev–Trinajstić information content (AvgIpc) is 3.07. The van der Waals surface area contributed by atoms with E-state index in [9.17, 15) is 8.78 Å². The van der Waals surface area contributed by atoms with Crippen molar-refractivity contribution < 1.29 is 8.78 Å². The van der Waals surface area contributed by atoms with Crippen LogP contribution in [0.5, 0.6) is 0 Å². The summed E-state index contributed by atoms with van der Waals surface area (Å²) in [5, 5.41) is 12.4. The molecule has 0 unspecified atom stereocenters. The topological polar surface area (TPSA) is 74.0 Å². The zero-order chi connectivity index (χ0) is 19.7. The highest BCUT2D eigenvalue weighted by atomic mass is 19.1. The minimum absolute atomic E-state index is 0.257. The van der Waals surface area contributed by atoms with Gasteiger partial charge < -0.3 is 5.32 Å². The monoisotopic (exact) mass is 375 g/mol. The molecular weight excluding hydrogens is 360 g/mol. The van der Waals surface area contributed by atoms with E-state index in [0.29, 0.717) is 17.1 Å². The standard InChI is InChI=1S/C21H15F2N5/c1-13-21(14-5-8-16(22)9-6-14,15-7-10-19(23)25-12-15)28-20(26-13)18-4-2-3-17(11-24)27-18/h2-10,12-13H,1H3,(H,26,28)/t13-,21+/m0/s1. The molecule has 0 amide bonds. The van der Waals surface area contributed by atoms with Crippen LogP contribution in [0.4, 0.5) is 8.78 Å². The highest BCUT2D eigenvalue weighted by Crippen LogP contribution is 2.40. The van der Waals surface area contributed by atoms with Gasteiger partial charge >= 0.3 is 0 Å². The normalized spacial score (nSPS) is 20.9. The van der Waals surface area contributed by atoms with Crippen molar-refractivity contribution in [3.63, 3.8) is 0 Å². The molecule has 7 heteroatoms. The van der Waals surface area contributed by atoms with Crippen molar-refractivity contribution in [2.24, 2.45) is 4.99 Å². The van der Waals surface area contributed by atoms with Crippen molar-refractivity contribution in [1.82, 2.24) is 15.3 Å². The second kappa shape index (κ2) is 6.82. The molecule has 2 atom stereocenters. The summed E-state index contributed by atoms with van der Waals surface area (Å²) < 4.78 is 26.9. The molecule has 28 heavy (non-hydrogen) atoms. The van der Waals surface area contributed by atoms with Gasteiger partial charge in [0.15, 0.2) is 0 Å². The summed E-state index contributed by atoms with van der Waals surface area (Å²) in [5.74, 6) is -0.454. The van der Waals surface area contributed by atoms with Crippen LogP contribution in [0.3, 0.4) is 0 Å². The van der Waals surface area contributed by atoms with E-state index in [4.69, 9.17) is 10.3 Å². The molecule has 1 aromatic carbocycles. The summed E-state index contributed by atoms with van der Waals surface area (Å²) in [7, 11) is 0. The van der Waals surface area contributed by atoms with Gasteiger partial charge in [0.2, 0.25) is 5.95 Å². The Morgan fingerprint density at radius 1 is 1.04 bits per heavy atom. The minimum Gasteiger partial charge on any atom is -0.363 e. The maximum absolute atomic E-state index is 13.5. The number of aromatic nitrogens is 2. The Kier molecular flexibility index (Phi) is 4.32. The molecule has 1 aliphatic rings. The summed E-state index contributed by atoms with van der Waals surface area (Å²) >= 11 is 0. The highest BCUT2D eigenvalue weighted by molar-refractivity contribution is 5.99. The fourth-order valence-corrected chi connectivity index (χ4v) is 3.48. The molecule has 0 fully saturated rings. The van der Waals surface area contributed by atoms with Crippen molar-refractivity contribution >= 4 is 5.84 Å². The van der Waals surface area contributed by atoms with E-state index >= 15 is 0 Å². The van der Waals surface area contributed by atoms with Crippen LogP contribution < -0.4 is 5.32 Å². The Bertz CT molecular complexity index is 1040. The van der Waals surface area contributed by atoms with Gasteiger partial charge in [0, 0.05) is 11.8 Å². The molecule has 1 N–H and O–H groups in total. The molecule has 2 aromatic heterocycles. The Labute approximate surface area is 160 Å². The lowest BCUT2D eigenvalue weighted by Gasteiger charge is -2.31. The summed E-state index contributed by atoms with van der Waals surface area (Å²) in [6.07, 6.45) is 1.43. The van der Waals surface area contributed by atoms with Crippen LogP contribution in [0.25, 0.3) is 0 Å². The molecule has 4 rings (SSSR count). The van der Waals surface area contributed by atoms with Gasteiger partial charge in [0.25, 0.3) is 0 Å². The molecule has 3 aromatic rings. The summed E-state index contributed by atoms with van der Waals surface area (Å²) in [6.45, 7) is 1.93. The first-order valence-corrected chi connectivity index (χ1v) is 8.65. The first-order valence-electron chi connectivity index (χ1n) is 8.65. The third-order valence-corrected chi connectivity index (χ3v) is 4.83. The lowest BCUT2D eigenvalue weighted by atomic mass is 9.79. The molecule has 0 saturated carbocycles. The number of amidine groups is 1. The van der Waals surface area contributed by atoms with Crippen molar-refractivity contribution in [2.45, 2.75) is 18.5 Å². The number of rotatable bonds is 3. The predicted molar refractivity (Wildman–Crippen MR) is 99.5 cm³/mol. The van der Waals surface area contributed by atoms with Crippen LogP contribution in [0.15, 0.2) is 65.8 Å². The molecule has 0 spiro atoms. The van der Waals surface area contributed by atoms with E-state index in [-0.39, 0.29) is 17.6 Å². The third kappa shape index (κ3) is 2.89. The molecule has 0 bridgehead atoms. The molecular formula is C21H15F2N5. The zero-order valence-electron chi connectivity index (χ0n) is 14.9. The van der Waals surface area contributed by atoms with E-state index < -0.39 is 11.5 Å². The van der Waals surface area contributed by atoms with Crippen LogP contribution in [-0.4, -0.2) is 21.8 Å². The molecule has 0 saturated heterocycles. The average molecular weight is 375 g/mol. The van der Waals surface area contributed by atoms with Gasteiger partial charge in [0.05, 0.1) is 6.04 Å². The lowest BCUT2D eigenvalue weighted by molar-refractivity contribution is 0.449. The SMILES string of the molecule is C[C@@H]1NC(c2cccc(C#N)n2)=N[C@]1(c1ccc(F)cc1)c1ccc(F)nc1. The van der Waals surface area contributed by atoms with Crippen molar-refractivity contribution in [2.75, 3.05) is 0 Å². The number of aliphatic imine (C=N–C) groups is 1. The van der Waals surface area contributed by atoms with Gasteiger partial charge in [0.1, 0.15) is 34.6 Å². The Morgan fingerprint density at radius 2 is 1.79 bits per heavy atom. The number of nitrogens with zero attached hydrogens (tertiary/aromatic N) is 4. The summed E-state index contributed by atoms with van der Waals surface area (Å²) in [5.41, 5.74) is 1.23. The summed E-state index contributed by atoms with van der Waals surface area (Å²) in [6, 6.07) is 15.8. The Morgan fingerprint density at radius 3 is 2.46 bits per heavy atom. The number of nitrogens with one attached hydrogen (secondary N) is 1. The molecule has 5 nitrogen and oxygen atoms in total. The molecule has 138 valence electrons. The van der Waals surface area contributed by atoms with Gasteiger partial charge in [-0.15, -0.1) is 0 Å². The second-order valence-corrected chi connectivity index (χ2v) is 6.49. The predicted octanol–water partition coefficient (Wildman–Crippen LogP) is 3.31. The van der Waals surface area contributed by atoms with Gasteiger partial charge in [-0.25, -0.2) is 19.4 Å². The number of nitriles is 1. The van der Waals surface area contributed by atoms with Crippen LogP contribution in [-0.2, 0) is 5.54 Å². The van der Waals surface area contributed by atoms with Crippen LogP contribution >= 0.6 is 0 Å². The smallest absolute Gasteiger partial charge is 0.212 e. The van der Waals surface area contributed by atoms with Crippen LogP contribution in [0, 0.1) is 23.1 Å². The first kappa shape index (κ1) is 17.7. The van der Waals surface area contributed by atoms with Gasteiger partial charge in [-0.1, -0.05) is 24.3 Å². The van der Waals surface area contributed by atoms with E-state index in [1.54, 1.807) is 36.4 Å². The summed E-state index contributed by atoms with van der Waals surface area (Å²) in [4.78, 5) is 13.0. The minimum atomic E-state index is -0.950. The molecule has 1 aliphatic heterocycles. The largest absolute Gasteiger partial charge is 0.363 e. The van der Waals surface area contributed by atoms with Crippen LogP contribution in [0.1, 0.15) is 29.4 Å². The highest BCUT2D eigenvalue weighted by Gasteiger charge is 2.45. The quantitative estimate of drug-likeness (QED) is 0.713. The fourth-order valence-electron chi connectivity index (χ4n) is 3.48. The zero-order valence-corrected chi connectivity index (χ0v) is 14.9. The molecule has 0 radical (unpaired) electrons. The van der Waals surface area contributed by atoms with Gasteiger partial charge in [-0.2, -0.15) is 9.65 Å². The Hall–Kier alpha value is -3.66. The Balaban J connectivity index is 1.92. The third-order valence-electron chi connectivity index (χ3n) is 4.83. The maximum Gasteiger partial charge on any atom is 0.212 e. The second-order valence-electron chi connectivity index (χ2n) is 6.49. The first-order chi connectivity index (χ1) is 13.5. The van der Waals surface area contributed by atoms with E-state index in [1.807, 2.05) is 13.0 Å². The van der Waals surface area contributed by atoms with Crippen molar-refractivity contribution in [3.05, 3.63) is 95.1 Å². The van der Waals surface area contributed by atoms with E-state index in [0.717, 1.165) is 5.56 Å². The van der Waals surface area contributed by atoms with Crippen molar-refractivity contribution in [1.29, 1.82) is 5.26 Å². The number of hydrogen-bond donors (Lipinski definition) is 1. The van der Waals surface area contributed by atoms with Crippen LogP contribution in [0.2, 0.25) is 0 Å². The molecule has 0 aliphatic carbocycles. The number of pyridine rings is 2. The maximum atomic E-state index is 13.5. The lowest BCUT2D eigenvalue weighted by Crippen LogP contribution is -2.41. The fraction of sp³-hybridized carbons (Fsp3) is 0.143. The van der Waals surface area contributed by atoms with E-state index in [1.165, 1.54) is 24.4 Å². The molecule has 3 heterocycles. The van der Waals surface area contributed by atoms with Gasteiger partial charge in [-0.05, 0) is 42.8 Å². The van der Waals surface area contributed by atoms with Gasteiger partial charge in [-0.3, -0.25) is 0 Å². The number of hydrogen-bond acceptors (Lipinski definition) is 5.